The first kappa shape index (κ1) is 28.8. The first-order chi connectivity index (χ1) is 14.1. The molecule has 0 rings (SSSR count). The fraction of sp³-hybridized carbons (Fsp3) is 0.826. The molecule has 0 atom stereocenters. The Morgan fingerprint density at radius 3 is 1.17 bits per heavy atom. The molecule has 0 aliphatic carbocycles. The second kappa shape index (κ2) is 17.4. The van der Waals surface area contributed by atoms with Gasteiger partial charge in [0.15, 0.2) is 0 Å². The fourth-order valence-corrected chi connectivity index (χ4v) is 13.4. The molecule has 0 saturated carbocycles. The van der Waals surface area contributed by atoms with Crippen LogP contribution >= 0.6 is 0 Å². The van der Waals surface area contributed by atoms with Crippen LogP contribution in [0.5, 0.6) is 0 Å². The third-order valence-electron chi connectivity index (χ3n) is 5.01. The standard InChI is InChI=1S/C23H48O4Si2/c1-8-15-17-19-21-28(24-11-4,25-12-5)23(10-3)29(26-13-6,27-14-7)22-20-18-16-9-2/h19-23H,8-18H2,1-7H3. The lowest BCUT2D eigenvalue weighted by Crippen LogP contribution is -2.59. The number of allylic oxidation sites excluding steroid dienone is 2. The molecule has 0 unspecified atom stereocenters. The molecule has 0 aromatic rings. The molecule has 0 amide bonds. The van der Waals surface area contributed by atoms with E-state index in [2.05, 4.69) is 72.0 Å². The summed E-state index contributed by atoms with van der Waals surface area (Å²) in [5.41, 5.74) is 4.56. The normalized spacial score (nSPS) is 14.3. The zero-order valence-electron chi connectivity index (χ0n) is 20.3. The van der Waals surface area contributed by atoms with Crippen LogP contribution in [0.4, 0.5) is 0 Å². The average molecular weight is 445 g/mol. The predicted molar refractivity (Wildman–Crippen MR) is 129 cm³/mol. The highest BCUT2D eigenvalue weighted by atomic mass is 28.4. The van der Waals surface area contributed by atoms with Gasteiger partial charge in [-0.3, -0.25) is 0 Å². The van der Waals surface area contributed by atoms with Crippen LogP contribution in [0.1, 0.15) is 93.4 Å². The van der Waals surface area contributed by atoms with Crippen molar-refractivity contribution in [1.29, 1.82) is 0 Å². The summed E-state index contributed by atoms with van der Waals surface area (Å²) in [6.45, 7) is 17.5. The van der Waals surface area contributed by atoms with Crippen molar-refractivity contribution in [3.8, 4) is 0 Å². The number of hydrogen-bond acceptors (Lipinski definition) is 4. The Balaban J connectivity index is 6.23. The minimum Gasteiger partial charge on any atom is -0.391 e. The molecular formula is C23H48O4Si2. The van der Waals surface area contributed by atoms with Crippen molar-refractivity contribution in [2.24, 2.45) is 0 Å². The van der Waals surface area contributed by atoms with Crippen LogP contribution in [0.3, 0.4) is 0 Å². The number of hydrogen-bond donors (Lipinski definition) is 0. The van der Waals surface area contributed by atoms with Crippen LogP contribution in [0.25, 0.3) is 0 Å². The Morgan fingerprint density at radius 2 is 0.931 bits per heavy atom. The quantitative estimate of drug-likeness (QED) is 0.160. The van der Waals surface area contributed by atoms with Crippen LogP contribution in [0, 0.1) is 0 Å². The van der Waals surface area contributed by atoms with Gasteiger partial charge in [0, 0.05) is 26.4 Å². The van der Waals surface area contributed by atoms with Crippen molar-refractivity contribution in [3.63, 3.8) is 0 Å². The summed E-state index contributed by atoms with van der Waals surface area (Å²) in [4.78, 5) is 0. The lowest BCUT2D eigenvalue weighted by atomic mass is 10.2. The van der Waals surface area contributed by atoms with E-state index in [0.29, 0.717) is 26.4 Å². The fourth-order valence-electron chi connectivity index (χ4n) is 3.80. The molecule has 29 heavy (non-hydrogen) atoms. The van der Waals surface area contributed by atoms with Gasteiger partial charge < -0.3 is 17.7 Å². The first-order valence-corrected chi connectivity index (χ1v) is 15.9. The molecule has 0 fully saturated rings. The van der Waals surface area contributed by atoms with Crippen LogP contribution in [-0.4, -0.2) is 43.5 Å². The topological polar surface area (TPSA) is 36.9 Å². The van der Waals surface area contributed by atoms with Crippen molar-refractivity contribution in [1.82, 2.24) is 0 Å². The summed E-state index contributed by atoms with van der Waals surface area (Å²) in [6, 6.07) is 0. The maximum absolute atomic E-state index is 6.50. The highest BCUT2D eigenvalue weighted by Gasteiger charge is 2.57. The molecule has 0 aromatic heterocycles. The van der Waals surface area contributed by atoms with Crippen molar-refractivity contribution in [2.45, 2.75) is 98.6 Å². The number of rotatable bonds is 19. The molecule has 0 bridgehead atoms. The van der Waals surface area contributed by atoms with E-state index < -0.39 is 17.1 Å². The molecule has 0 heterocycles. The average Bonchev–Trinajstić information content (AvgIpc) is 2.70. The Hall–Kier alpha value is -0.246. The minimum absolute atomic E-state index is 0.144. The Kier molecular flexibility index (Phi) is 17.3. The maximum atomic E-state index is 6.50. The predicted octanol–water partition coefficient (Wildman–Crippen LogP) is 6.91. The van der Waals surface area contributed by atoms with E-state index in [4.69, 9.17) is 17.7 Å². The van der Waals surface area contributed by atoms with Gasteiger partial charge in [0.25, 0.3) is 0 Å². The monoisotopic (exact) mass is 444 g/mol. The third kappa shape index (κ3) is 9.62. The van der Waals surface area contributed by atoms with Gasteiger partial charge in [-0.1, -0.05) is 58.6 Å². The van der Waals surface area contributed by atoms with E-state index in [-0.39, 0.29) is 5.16 Å². The SMILES string of the molecule is CCCCC=C[Si](OCC)(OCC)C(CC)[Si](C=CCCCC)(OCC)OCC. The molecule has 0 radical (unpaired) electrons. The smallest absolute Gasteiger partial charge is 0.370 e. The van der Waals surface area contributed by atoms with Crippen molar-refractivity contribution in [3.05, 3.63) is 23.6 Å². The van der Waals surface area contributed by atoms with Crippen LogP contribution in [0.15, 0.2) is 23.6 Å². The highest BCUT2D eigenvalue weighted by Crippen LogP contribution is 2.40. The van der Waals surface area contributed by atoms with Crippen molar-refractivity contribution in [2.75, 3.05) is 26.4 Å². The minimum atomic E-state index is -2.67. The lowest BCUT2D eigenvalue weighted by molar-refractivity contribution is 0.159. The second-order valence-corrected chi connectivity index (χ2v) is 13.9. The molecule has 172 valence electrons. The van der Waals surface area contributed by atoms with E-state index in [1.807, 2.05) is 0 Å². The van der Waals surface area contributed by atoms with Gasteiger partial charge in [-0.05, 0) is 58.4 Å². The largest absolute Gasteiger partial charge is 0.391 e. The zero-order chi connectivity index (χ0) is 22.0. The summed E-state index contributed by atoms with van der Waals surface area (Å²) < 4.78 is 26.0. The molecule has 0 saturated heterocycles. The Labute approximate surface area is 183 Å². The van der Waals surface area contributed by atoms with Gasteiger partial charge in [-0.15, -0.1) is 0 Å². The van der Waals surface area contributed by atoms with E-state index >= 15 is 0 Å². The Bertz CT molecular complexity index is 391. The molecular weight excluding hydrogens is 396 g/mol. The molecule has 0 aliphatic rings. The van der Waals surface area contributed by atoms with Crippen LogP contribution < -0.4 is 0 Å². The molecule has 0 aliphatic heterocycles. The van der Waals surface area contributed by atoms with Gasteiger partial charge in [0.2, 0.25) is 0 Å². The second-order valence-electron chi connectivity index (χ2n) is 7.22. The van der Waals surface area contributed by atoms with Gasteiger partial charge in [0.05, 0.1) is 5.16 Å². The van der Waals surface area contributed by atoms with Gasteiger partial charge in [-0.2, -0.15) is 0 Å². The van der Waals surface area contributed by atoms with E-state index in [1.165, 1.54) is 25.7 Å². The zero-order valence-corrected chi connectivity index (χ0v) is 22.3. The molecule has 0 N–H and O–H groups in total. The van der Waals surface area contributed by atoms with Crippen LogP contribution in [0.2, 0.25) is 5.16 Å². The van der Waals surface area contributed by atoms with Gasteiger partial charge in [0.1, 0.15) is 0 Å². The summed E-state index contributed by atoms with van der Waals surface area (Å²) in [5.74, 6) is 0. The summed E-state index contributed by atoms with van der Waals surface area (Å²) in [6.07, 6.45) is 12.4. The number of unbranched alkanes of at least 4 members (excludes halogenated alkanes) is 4. The van der Waals surface area contributed by atoms with Gasteiger partial charge in [-0.25, -0.2) is 0 Å². The lowest BCUT2D eigenvalue weighted by Gasteiger charge is -2.42. The molecule has 4 nitrogen and oxygen atoms in total. The van der Waals surface area contributed by atoms with Crippen molar-refractivity contribution >= 4 is 17.1 Å². The molecule has 6 heteroatoms. The summed E-state index contributed by atoms with van der Waals surface area (Å²) >= 11 is 0. The maximum Gasteiger partial charge on any atom is 0.370 e. The van der Waals surface area contributed by atoms with Gasteiger partial charge >= 0.3 is 17.1 Å². The van der Waals surface area contributed by atoms with E-state index in [0.717, 1.165) is 19.3 Å². The molecule has 0 spiro atoms. The summed E-state index contributed by atoms with van der Waals surface area (Å²) in [7, 11) is -5.35. The van der Waals surface area contributed by atoms with E-state index in [9.17, 15) is 0 Å². The Morgan fingerprint density at radius 1 is 0.586 bits per heavy atom. The highest BCUT2D eigenvalue weighted by molar-refractivity contribution is 6.93. The first-order valence-electron chi connectivity index (χ1n) is 12.0. The third-order valence-corrected chi connectivity index (χ3v) is 14.5. The van der Waals surface area contributed by atoms with E-state index in [1.54, 1.807) is 0 Å². The summed E-state index contributed by atoms with van der Waals surface area (Å²) in [5, 5.41) is 0.144. The van der Waals surface area contributed by atoms with Crippen molar-refractivity contribution < 1.29 is 17.7 Å². The molecule has 0 aromatic carbocycles. The van der Waals surface area contributed by atoms with Crippen LogP contribution in [-0.2, 0) is 17.7 Å².